The third-order valence-corrected chi connectivity index (χ3v) is 2.19. The van der Waals surface area contributed by atoms with E-state index in [1.807, 2.05) is 0 Å². The van der Waals surface area contributed by atoms with Crippen molar-refractivity contribution in [3.63, 3.8) is 0 Å². The van der Waals surface area contributed by atoms with Crippen molar-refractivity contribution < 1.29 is 4.39 Å². The average molecular weight is 214 g/mol. The minimum Gasteiger partial charge on any atom is -0.321 e. The monoisotopic (exact) mass is 214 g/mol. The molecule has 2 rings (SSSR count). The van der Waals surface area contributed by atoms with Crippen molar-refractivity contribution in [2.75, 3.05) is 0 Å². The Kier molecular flexibility index (Phi) is 2.52. The molecular formula is C12H7FN2O. The van der Waals surface area contributed by atoms with Crippen molar-refractivity contribution in [2.45, 2.75) is 0 Å². The molecule has 1 aromatic carbocycles. The maximum Gasteiger partial charge on any atom is 0.266 e. The van der Waals surface area contributed by atoms with Gasteiger partial charge in [0.05, 0.1) is 5.69 Å². The van der Waals surface area contributed by atoms with Gasteiger partial charge in [0.1, 0.15) is 17.4 Å². The highest BCUT2D eigenvalue weighted by atomic mass is 19.1. The zero-order chi connectivity index (χ0) is 11.5. The standard InChI is InChI=1S/C12H7FN2O/c13-10-4-2-1-3-9(10)11-6-5-8(7-14)12(16)15-11/h1-6H,(H,15,16). The minimum absolute atomic E-state index is 0.0140. The summed E-state index contributed by atoms with van der Waals surface area (Å²) in [5.41, 5.74) is 0.175. The van der Waals surface area contributed by atoms with Gasteiger partial charge < -0.3 is 4.98 Å². The van der Waals surface area contributed by atoms with Gasteiger partial charge in [-0.3, -0.25) is 4.79 Å². The van der Waals surface area contributed by atoms with Gasteiger partial charge >= 0.3 is 0 Å². The van der Waals surface area contributed by atoms with Crippen molar-refractivity contribution >= 4 is 0 Å². The predicted octanol–water partition coefficient (Wildman–Crippen LogP) is 2.05. The first-order chi connectivity index (χ1) is 7.72. The molecule has 1 aromatic heterocycles. The summed E-state index contributed by atoms with van der Waals surface area (Å²) in [4.78, 5) is 13.8. The van der Waals surface area contributed by atoms with E-state index < -0.39 is 11.4 Å². The van der Waals surface area contributed by atoms with Gasteiger partial charge in [0.2, 0.25) is 0 Å². The van der Waals surface area contributed by atoms with Crippen LogP contribution in [0, 0.1) is 17.1 Å². The van der Waals surface area contributed by atoms with Crippen molar-refractivity contribution in [3.05, 3.63) is 58.1 Å². The molecule has 0 saturated carbocycles. The number of pyridine rings is 1. The Hall–Kier alpha value is -2.41. The van der Waals surface area contributed by atoms with Crippen LogP contribution in [0.2, 0.25) is 0 Å². The molecule has 0 unspecified atom stereocenters. The average Bonchev–Trinajstić information content (AvgIpc) is 2.29. The van der Waals surface area contributed by atoms with Crippen LogP contribution in [0.15, 0.2) is 41.2 Å². The van der Waals surface area contributed by atoms with Crippen LogP contribution < -0.4 is 5.56 Å². The van der Waals surface area contributed by atoms with Crippen molar-refractivity contribution in [1.82, 2.24) is 4.98 Å². The zero-order valence-electron chi connectivity index (χ0n) is 8.20. The van der Waals surface area contributed by atoms with E-state index in [4.69, 9.17) is 5.26 Å². The van der Waals surface area contributed by atoms with E-state index in [-0.39, 0.29) is 5.56 Å². The molecule has 0 aliphatic heterocycles. The summed E-state index contributed by atoms with van der Waals surface area (Å²) in [6.07, 6.45) is 0. The SMILES string of the molecule is N#Cc1ccc(-c2ccccc2F)[nH]c1=O. The summed E-state index contributed by atoms with van der Waals surface area (Å²) in [6, 6.07) is 10.8. The molecule has 0 radical (unpaired) electrons. The summed E-state index contributed by atoms with van der Waals surface area (Å²) < 4.78 is 13.4. The van der Waals surface area contributed by atoms with E-state index >= 15 is 0 Å². The molecule has 1 N–H and O–H groups in total. The molecule has 0 atom stereocenters. The van der Waals surface area contributed by atoms with E-state index in [0.717, 1.165) is 0 Å². The normalized spacial score (nSPS) is 9.75. The van der Waals surface area contributed by atoms with E-state index in [9.17, 15) is 9.18 Å². The Morgan fingerprint density at radius 2 is 1.94 bits per heavy atom. The third-order valence-electron chi connectivity index (χ3n) is 2.19. The maximum atomic E-state index is 13.4. The molecule has 0 amide bonds. The van der Waals surface area contributed by atoms with Gasteiger partial charge in [-0.1, -0.05) is 12.1 Å². The van der Waals surface area contributed by atoms with Crippen molar-refractivity contribution in [3.8, 4) is 17.3 Å². The van der Waals surface area contributed by atoms with E-state index in [0.29, 0.717) is 11.3 Å². The molecule has 0 saturated heterocycles. The lowest BCUT2D eigenvalue weighted by molar-refractivity contribution is 0.630. The molecule has 0 aliphatic carbocycles. The molecule has 0 bridgehead atoms. The van der Waals surface area contributed by atoms with Crippen LogP contribution in [0.5, 0.6) is 0 Å². The molecule has 4 heteroatoms. The first-order valence-electron chi connectivity index (χ1n) is 4.60. The number of rotatable bonds is 1. The highest BCUT2D eigenvalue weighted by molar-refractivity contribution is 5.60. The molecule has 16 heavy (non-hydrogen) atoms. The smallest absolute Gasteiger partial charge is 0.266 e. The fourth-order valence-electron chi connectivity index (χ4n) is 1.40. The van der Waals surface area contributed by atoms with Gasteiger partial charge in [0.15, 0.2) is 0 Å². The molecule has 0 fully saturated rings. The maximum absolute atomic E-state index is 13.4. The molecule has 3 nitrogen and oxygen atoms in total. The zero-order valence-corrected chi connectivity index (χ0v) is 8.20. The molecule has 0 aliphatic rings. The number of aromatic amines is 1. The van der Waals surface area contributed by atoms with E-state index in [1.54, 1.807) is 24.3 Å². The topological polar surface area (TPSA) is 56.6 Å². The second-order valence-electron chi connectivity index (χ2n) is 3.21. The molecule has 2 aromatic rings. The third kappa shape index (κ3) is 1.71. The van der Waals surface area contributed by atoms with Crippen LogP contribution >= 0.6 is 0 Å². The number of halogens is 1. The fourth-order valence-corrected chi connectivity index (χ4v) is 1.40. The molecule has 1 heterocycles. The van der Waals surface area contributed by atoms with Gasteiger partial charge in [-0.05, 0) is 24.3 Å². The van der Waals surface area contributed by atoms with Gasteiger partial charge in [-0.2, -0.15) is 5.26 Å². The Morgan fingerprint density at radius 1 is 1.19 bits per heavy atom. The molecular weight excluding hydrogens is 207 g/mol. The quantitative estimate of drug-likeness (QED) is 0.789. The number of hydrogen-bond donors (Lipinski definition) is 1. The predicted molar refractivity (Wildman–Crippen MR) is 57.2 cm³/mol. The lowest BCUT2D eigenvalue weighted by atomic mass is 10.1. The van der Waals surface area contributed by atoms with E-state index in [1.165, 1.54) is 18.2 Å². The lowest BCUT2D eigenvalue weighted by Crippen LogP contribution is -2.10. The van der Waals surface area contributed by atoms with Gasteiger partial charge in [-0.25, -0.2) is 4.39 Å². The van der Waals surface area contributed by atoms with Gasteiger partial charge in [0.25, 0.3) is 5.56 Å². The Bertz CT molecular complexity index is 625. The Morgan fingerprint density at radius 3 is 2.56 bits per heavy atom. The van der Waals surface area contributed by atoms with Crippen LogP contribution in [-0.4, -0.2) is 4.98 Å². The summed E-state index contributed by atoms with van der Waals surface area (Å²) in [5.74, 6) is -0.414. The Balaban J connectivity index is 2.60. The first-order valence-corrected chi connectivity index (χ1v) is 4.60. The summed E-state index contributed by atoms with van der Waals surface area (Å²) in [6.45, 7) is 0. The number of aromatic nitrogens is 1. The second kappa shape index (κ2) is 3.99. The number of H-pyrrole nitrogens is 1. The Labute approximate surface area is 90.8 Å². The molecule has 0 spiro atoms. The summed E-state index contributed by atoms with van der Waals surface area (Å²) in [7, 11) is 0. The largest absolute Gasteiger partial charge is 0.321 e. The summed E-state index contributed by atoms with van der Waals surface area (Å²) >= 11 is 0. The van der Waals surface area contributed by atoms with Crippen LogP contribution in [-0.2, 0) is 0 Å². The van der Waals surface area contributed by atoms with Crippen LogP contribution in [0.3, 0.4) is 0 Å². The molecule has 78 valence electrons. The lowest BCUT2D eigenvalue weighted by Gasteiger charge is -2.02. The fraction of sp³-hybridized carbons (Fsp3) is 0. The van der Waals surface area contributed by atoms with Crippen LogP contribution in [0.25, 0.3) is 11.3 Å². The van der Waals surface area contributed by atoms with Crippen LogP contribution in [0.1, 0.15) is 5.56 Å². The van der Waals surface area contributed by atoms with Gasteiger partial charge in [0, 0.05) is 5.56 Å². The minimum atomic E-state index is -0.511. The summed E-state index contributed by atoms with van der Waals surface area (Å²) in [5, 5.41) is 8.59. The first kappa shape index (κ1) is 10.1. The number of nitrogens with one attached hydrogen (secondary N) is 1. The number of nitriles is 1. The van der Waals surface area contributed by atoms with Gasteiger partial charge in [-0.15, -0.1) is 0 Å². The number of nitrogens with zero attached hydrogens (tertiary/aromatic N) is 1. The van der Waals surface area contributed by atoms with Crippen molar-refractivity contribution in [2.24, 2.45) is 0 Å². The highest BCUT2D eigenvalue weighted by Gasteiger charge is 2.06. The van der Waals surface area contributed by atoms with E-state index in [2.05, 4.69) is 4.98 Å². The number of hydrogen-bond acceptors (Lipinski definition) is 2. The highest BCUT2D eigenvalue weighted by Crippen LogP contribution is 2.18. The number of benzene rings is 1. The van der Waals surface area contributed by atoms with Crippen molar-refractivity contribution in [1.29, 1.82) is 5.26 Å². The second-order valence-corrected chi connectivity index (χ2v) is 3.21. The van der Waals surface area contributed by atoms with Crippen LogP contribution in [0.4, 0.5) is 4.39 Å².